The Hall–Kier alpha value is -1.71. The van der Waals surface area contributed by atoms with Gasteiger partial charge in [0.25, 0.3) is 0 Å². The topological polar surface area (TPSA) is 41.6 Å². The second-order valence-electron chi connectivity index (χ2n) is 6.45. The van der Waals surface area contributed by atoms with E-state index in [0.29, 0.717) is 13.2 Å². The minimum Gasteiger partial charge on any atom is -0.491 e. The van der Waals surface area contributed by atoms with Crippen LogP contribution < -0.4 is 10.1 Å². The first kappa shape index (κ1) is 16.7. The quantitative estimate of drug-likeness (QED) is 0.866. The molecule has 1 aromatic carbocycles. The summed E-state index contributed by atoms with van der Waals surface area (Å²) in [7, 11) is 0. The van der Waals surface area contributed by atoms with Crippen LogP contribution in [0.15, 0.2) is 12.1 Å². The molecule has 1 aliphatic rings. The van der Waals surface area contributed by atoms with E-state index in [-0.39, 0.29) is 6.03 Å². The highest BCUT2D eigenvalue weighted by Gasteiger charge is 2.19. The van der Waals surface area contributed by atoms with Crippen molar-refractivity contribution in [2.24, 2.45) is 5.92 Å². The van der Waals surface area contributed by atoms with Crippen molar-refractivity contribution in [1.29, 1.82) is 0 Å². The number of carbonyl (C=O) groups excluding carboxylic acids is 1. The van der Waals surface area contributed by atoms with Crippen LogP contribution >= 0.6 is 0 Å². The number of likely N-dealkylation sites (tertiary alicyclic amines) is 1. The molecule has 0 atom stereocenters. The smallest absolute Gasteiger partial charge is 0.317 e. The molecule has 0 aromatic heterocycles. The summed E-state index contributed by atoms with van der Waals surface area (Å²) in [5.41, 5.74) is 3.64. The molecule has 1 aliphatic heterocycles. The lowest BCUT2D eigenvalue weighted by Gasteiger charge is -2.30. The van der Waals surface area contributed by atoms with Crippen LogP contribution in [0.25, 0.3) is 0 Å². The number of rotatable bonds is 4. The molecule has 4 nitrogen and oxygen atoms in total. The van der Waals surface area contributed by atoms with Gasteiger partial charge < -0.3 is 15.0 Å². The Morgan fingerprint density at radius 1 is 1.18 bits per heavy atom. The van der Waals surface area contributed by atoms with Crippen molar-refractivity contribution in [3.05, 3.63) is 28.8 Å². The van der Waals surface area contributed by atoms with Crippen LogP contribution in [-0.4, -0.2) is 37.2 Å². The van der Waals surface area contributed by atoms with E-state index < -0.39 is 0 Å². The van der Waals surface area contributed by atoms with E-state index in [4.69, 9.17) is 4.74 Å². The highest BCUT2D eigenvalue weighted by atomic mass is 16.5. The lowest BCUT2D eigenvalue weighted by atomic mass is 10.00. The van der Waals surface area contributed by atoms with Gasteiger partial charge in [-0.2, -0.15) is 0 Å². The largest absolute Gasteiger partial charge is 0.491 e. The Bertz CT molecular complexity index is 520. The van der Waals surface area contributed by atoms with E-state index in [1.807, 2.05) is 4.90 Å². The summed E-state index contributed by atoms with van der Waals surface area (Å²) in [6.07, 6.45) is 2.21. The summed E-state index contributed by atoms with van der Waals surface area (Å²) in [5, 5.41) is 2.94. The Morgan fingerprint density at radius 3 is 2.50 bits per heavy atom. The summed E-state index contributed by atoms with van der Waals surface area (Å²) in [6.45, 7) is 11.3. The molecule has 1 saturated heterocycles. The number of piperidine rings is 1. The van der Waals surface area contributed by atoms with Crippen molar-refractivity contribution in [2.75, 3.05) is 26.2 Å². The van der Waals surface area contributed by atoms with Crippen LogP contribution in [0.3, 0.4) is 0 Å². The number of hydrogen-bond donors (Lipinski definition) is 1. The normalized spacial score (nSPS) is 15.7. The molecule has 22 heavy (non-hydrogen) atoms. The molecule has 0 radical (unpaired) electrons. The van der Waals surface area contributed by atoms with Crippen LogP contribution in [0.5, 0.6) is 5.75 Å². The van der Waals surface area contributed by atoms with Crippen molar-refractivity contribution in [3.8, 4) is 5.75 Å². The van der Waals surface area contributed by atoms with Gasteiger partial charge >= 0.3 is 6.03 Å². The molecule has 2 amide bonds. The highest BCUT2D eigenvalue weighted by molar-refractivity contribution is 5.74. The maximum atomic E-state index is 12.0. The first-order chi connectivity index (χ1) is 10.5. The van der Waals surface area contributed by atoms with Gasteiger partial charge in [-0.1, -0.05) is 13.0 Å². The van der Waals surface area contributed by atoms with Crippen LogP contribution in [-0.2, 0) is 0 Å². The van der Waals surface area contributed by atoms with E-state index in [1.165, 1.54) is 11.1 Å². The van der Waals surface area contributed by atoms with Gasteiger partial charge in [0.1, 0.15) is 12.4 Å². The molecule has 4 heteroatoms. The Kier molecular flexibility index (Phi) is 5.69. The van der Waals surface area contributed by atoms with Gasteiger partial charge in [0.05, 0.1) is 6.54 Å². The molecular weight excluding hydrogens is 276 g/mol. The minimum atomic E-state index is 0.0345. The number of amides is 2. The fourth-order valence-electron chi connectivity index (χ4n) is 2.73. The number of aryl methyl sites for hydroxylation is 3. The van der Waals surface area contributed by atoms with Gasteiger partial charge in [0.2, 0.25) is 0 Å². The van der Waals surface area contributed by atoms with E-state index in [1.54, 1.807) is 0 Å². The first-order valence-corrected chi connectivity index (χ1v) is 8.21. The third-order valence-electron chi connectivity index (χ3n) is 4.50. The van der Waals surface area contributed by atoms with Gasteiger partial charge in [-0.3, -0.25) is 0 Å². The summed E-state index contributed by atoms with van der Waals surface area (Å²) in [4.78, 5) is 13.9. The Morgan fingerprint density at radius 2 is 1.82 bits per heavy atom. The Balaban J connectivity index is 1.73. The van der Waals surface area contributed by atoms with Crippen LogP contribution in [0.2, 0.25) is 0 Å². The second kappa shape index (κ2) is 7.52. The van der Waals surface area contributed by atoms with Gasteiger partial charge in [-0.05, 0) is 62.3 Å². The number of carbonyl (C=O) groups is 1. The zero-order valence-corrected chi connectivity index (χ0v) is 14.2. The van der Waals surface area contributed by atoms with Gasteiger partial charge in [0, 0.05) is 13.1 Å². The molecule has 0 aliphatic carbocycles. The monoisotopic (exact) mass is 304 g/mol. The average Bonchev–Trinajstić information content (AvgIpc) is 2.49. The molecule has 0 saturated carbocycles. The van der Waals surface area contributed by atoms with E-state index in [0.717, 1.165) is 43.2 Å². The molecule has 1 fully saturated rings. The number of benzene rings is 1. The summed E-state index contributed by atoms with van der Waals surface area (Å²) < 4.78 is 5.79. The first-order valence-electron chi connectivity index (χ1n) is 8.21. The van der Waals surface area contributed by atoms with Crippen molar-refractivity contribution < 1.29 is 9.53 Å². The zero-order valence-electron chi connectivity index (χ0n) is 14.2. The standard InChI is InChI=1S/C18H28N2O2/c1-13-5-8-20(9-6-13)18(21)19-7-10-22-17-12-15(3)14(2)11-16(17)4/h11-13H,5-10H2,1-4H3,(H,19,21). The van der Waals surface area contributed by atoms with Crippen molar-refractivity contribution in [1.82, 2.24) is 10.2 Å². The molecule has 0 unspecified atom stereocenters. The highest BCUT2D eigenvalue weighted by Crippen LogP contribution is 2.22. The van der Waals surface area contributed by atoms with Crippen molar-refractivity contribution in [3.63, 3.8) is 0 Å². The van der Waals surface area contributed by atoms with E-state index >= 15 is 0 Å². The second-order valence-corrected chi connectivity index (χ2v) is 6.45. The molecule has 0 spiro atoms. The third kappa shape index (κ3) is 4.39. The number of urea groups is 1. The molecule has 1 heterocycles. The summed E-state index contributed by atoms with van der Waals surface area (Å²) in [6, 6.07) is 4.24. The summed E-state index contributed by atoms with van der Waals surface area (Å²) >= 11 is 0. The average molecular weight is 304 g/mol. The predicted molar refractivity (Wildman–Crippen MR) is 89.5 cm³/mol. The SMILES string of the molecule is Cc1cc(C)c(OCCNC(=O)N2CCC(C)CC2)cc1C. The molecular formula is C18H28N2O2. The zero-order chi connectivity index (χ0) is 16.1. The maximum absolute atomic E-state index is 12.0. The molecule has 1 aromatic rings. The summed E-state index contributed by atoms with van der Waals surface area (Å²) in [5.74, 6) is 1.64. The lowest BCUT2D eigenvalue weighted by molar-refractivity contribution is 0.172. The van der Waals surface area contributed by atoms with Gasteiger partial charge in [-0.25, -0.2) is 4.79 Å². The van der Waals surface area contributed by atoms with Crippen molar-refractivity contribution in [2.45, 2.75) is 40.5 Å². The van der Waals surface area contributed by atoms with Crippen LogP contribution in [0.4, 0.5) is 4.79 Å². The maximum Gasteiger partial charge on any atom is 0.317 e. The van der Waals surface area contributed by atoms with Gasteiger partial charge in [0.15, 0.2) is 0 Å². The Labute approximate surface area is 133 Å². The predicted octanol–water partition coefficient (Wildman–Crippen LogP) is 3.43. The fraction of sp³-hybridized carbons (Fsp3) is 0.611. The number of nitrogens with zero attached hydrogens (tertiary/aromatic N) is 1. The molecule has 122 valence electrons. The lowest BCUT2D eigenvalue weighted by Crippen LogP contribution is -2.45. The van der Waals surface area contributed by atoms with Crippen LogP contribution in [0, 0.1) is 26.7 Å². The van der Waals surface area contributed by atoms with Crippen molar-refractivity contribution >= 4 is 6.03 Å². The number of nitrogens with one attached hydrogen (secondary N) is 1. The van der Waals surface area contributed by atoms with Gasteiger partial charge in [-0.15, -0.1) is 0 Å². The third-order valence-corrected chi connectivity index (χ3v) is 4.50. The number of hydrogen-bond acceptors (Lipinski definition) is 2. The fourth-order valence-corrected chi connectivity index (χ4v) is 2.73. The van der Waals surface area contributed by atoms with Crippen LogP contribution in [0.1, 0.15) is 36.5 Å². The molecule has 2 rings (SSSR count). The van der Waals surface area contributed by atoms with E-state index in [9.17, 15) is 4.79 Å². The molecule has 0 bridgehead atoms. The minimum absolute atomic E-state index is 0.0345. The number of ether oxygens (including phenoxy) is 1. The molecule has 1 N–H and O–H groups in total. The van der Waals surface area contributed by atoms with E-state index in [2.05, 4.69) is 45.1 Å².